The zero-order chi connectivity index (χ0) is 15.5. The van der Waals surface area contributed by atoms with Crippen molar-refractivity contribution in [3.63, 3.8) is 0 Å². The van der Waals surface area contributed by atoms with E-state index in [-0.39, 0.29) is 5.92 Å². The van der Waals surface area contributed by atoms with Gasteiger partial charge in [0, 0.05) is 6.54 Å². The lowest BCUT2D eigenvalue weighted by Gasteiger charge is -2.40. The second kappa shape index (κ2) is 6.79. The third-order valence-corrected chi connectivity index (χ3v) is 4.72. The number of methoxy groups -OCH3 is 1. The van der Waals surface area contributed by atoms with Gasteiger partial charge in [-0.1, -0.05) is 26.2 Å². The van der Waals surface area contributed by atoms with E-state index in [2.05, 4.69) is 16.9 Å². The Hall–Kier alpha value is -1.07. The van der Waals surface area contributed by atoms with E-state index >= 15 is 0 Å². The molecule has 1 aromatic heterocycles. The molecule has 0 aromatic carbocycles. The molecule has 1 aliphatic carbocycles. The van der Waals surface area contributed by atoms with Crippen molar-refractivity contribution in [1.82, 2.24) is 14.7 Å². The van der Waals surface area contributed by atoms with Gasteiger partial charge in [-0.3, -0.25) is 4.68 Å². The van der Waals surface area contributed by atoms with Gasteiger partial charge >= 0.3 is 0 Å². The van der Waals surface area contributed by atoms with Gasteiger partial charge in [-0.2, -0.15) is 5.10 Å². The Kier molecular flexibility index (Phi) is 5.27. The molecule has 0 saturated heterocycles. The normalized spacial score (nSPS) is 26.3. The average Bonchev–Trinajstić information content (AvgIpc) is 2.89. The summed E-state index contributed by atoms with van der Waals surface area (Å²) in [6, 6.07) is 0. The molecule has 1 N–H and O–H groups in total. The summed E-state index contributed by atoms with van der Waals surface area (Å²) in [5, 5.41) is 15.8. The highest BCUT2D eigenvalue weighted by Crippen LogP contribution is 2.46. The molecule has 1 fully saturated rings. The standard InChI is InChI=1S/C16H29N3O2/c1-5-13-8-6-7-9-16(13,20)15-14(21-4)12-17-19(15)11-10-18(2)3/h12-13,20H,5-11H2,1-4H3. The first kappa shape index (κ1) is 16.3. The summed E-state index contributed by atoms with van der Waals surface area (Å²) in [7, 11) is 5.75. The Bertz CT molecular complexity index is 458. The van der Waals surface area contributed by atoms with Crippen molar-refractivity contribution in [2.75, 3.05) is 27.7 Å². The molecule has 2 atom stereocenters. The molecule has 5 nitrogen and oxygen atoms in total. The van der Waals surface area contributed by atoms with Crippen molar-refractivity contribution < 1.29 is 9.84 Å². The van der Waals surface area contributed by atoms with Gasteiger partial charge in [-0.05, 0) is 32.9 Å². The second-order valence-electron chi connectivity index (χ2n) is 6.36. The highest BCUT2D eigenvalue weighted by molar-refractivity contribution is 5.32. The quantitative estimate of drug-likeness (QED) is 0.874. The van der Waals surface area contributed by atoms with Gasteiger partial charge in [0.1, 0.15) is 11.3 Å². The maximum atomic E-state index is 11.4. The summed E-state index contributed by atoms with van der Waals surface area (Å²) >= 11 is 0. The van der Waals surface area contributed by atoms with Crippen LogP contribution in [0.2, 0.25) is 0 Å². The van der Waals surface area contributed by atoms with E-state index in [9.17, 15) is 5.11 Å². The highest BCUT2D eigenvalue weighted by atomic mass is 16.5. The molecule has 2 unspecified atom stereocenters. The van der Waals surface area contributed by atoms with E-state index in [0.29, 0.717) is 0 Å². The molecule has 5 heteroatoms. The fourth-order valence-electron chi connectivity index (χ4n) is 3.50. The summed E-state index contributed by atoms with van der Waals surface area (Å²) < 4.78 is 7.42. The molecule has 0 spiro atoms. The molecule has 0 aliphatic heterocycles. The Balaban J connectivity index is 2.36. The van der Waals surface area contributed by atoms with Gasteiger partial charge in [-0.25, -0.2) is 0 Å². The van der Waals surface area contributed by atoms with Crippen LogP contribution in [-0.2, 0) is 12.1 Å². The molecule has 1 saturated carbocycles. The maximum Gasteiger partial charge on any atom is 0.162 e. The fraction of sp³-hybridized carbons (Fsp3) is 0.812. The van der Waals surface area contributed by atoms with Gasteiger partial charge in [0.2, 0.25) is 0 Å². The lowest BCUT2D eigenvalue weighted by Crippen LogP contribution is -2.40. The van der Waals surface area contributed by atoms with Gasteiger partial charge in [0.25, 0.3) is 0 Å². The van der Waals surface area contributed by atoms with E-state index in [1.807, 2.05) is 18.8 Å². The number of aliphatic hydroxyl groups is 1. The molecule has 0 amide bonds. The van der Waals surface area contributed by atoms with Gasteiger partial charge < -0.3 is 14.7 Å². The topological polar surface area (TPSA) is 50.5 Å². The molecule has 1 aromatic rings. The van der Waals surface area contributed by atoms with Crippen molar-refractivity contribution in [2.24, 2.45) is 5.92 Å². The number of hydrogen-bond donors (Lipinski definition) is 1. The number of ether oxygens (including phenoxy) is 1. The van der Waals surface area contributed by atoms with E-state index in [4.69, 9.17) is 4.74 Å². The minimum absolute atomic E-state index is 0.287. The number of likely N-dealkylation sites (N-methyl/N-ethyl adjacent to an activating group) is 1. The van der Waals surface area contributed by atoms with Crippen molar-refractivity contribution in [3.05, 3.63) is 11.9 Å². The Morgan fingerprint density at radius 2 is 2.24 bits per heavy atom. The lowest BCUT2D eigenvalue weighted by molar-refractivity contribution is -0.0642. The van der Waals surface area contributed by atoms with Crippen LogP contribution in [0.4, 0.5) is 0 Å². The van der Waals surface area contributed by atoms with E-state index in [0.717, 1.165) is 50.2 Å². The molecule has 2 rings (SSSR count). The third-order valence-electron chi connectivity index (χ3n) is 4.72. The monoisotopic (exact) mass is 295 g/mol. The zero-order valence-corrected chi connectivity index (χ0v) is 13.8. The summed E-state index contributed by atoms with van der Waals surface area (Å²) in [4.78, 5) is 2.13. The minimum atomic E-state index is -0.804. The smallest absolute Gasteiger partial charge is 0.162 e. The van der Waals surface area contributed by atoms with Gasteiger partial charge in [0.05, 0.1) is 19.9 Å². The third kappa shape index (κ3) is 3.24. The molecule has 21 heavy (non-hydrogen) atoms. The Morgan fingerprint density at radius 3 is 2.86 bits per heavy atom. The summed E-state index contributed by atoms with van der Waals surface area (Å²) in [6.07, 6.45) is 6.87. The van der Waals surface area contributed by atoms with Gasteiger partial charge in [0.15, 0.2) is 5.75 Å². The number of hydrogen-bond acceptors (Lipinski definition) is 4. The van der Waals surface area contributed by atoms with Crippen molar-refractivity contribution in [2.45, 2.75) is 51.2 Å². The first-order valence-corrected chi connectivity index (χ1v) is 8.00. The highest BCUT2D eigenvalue weighted by Gasteiger charge is 2.44. The van der Waals surface area contributed by atoms with Crippen molar-refractivity contribution >= 4 is 0 Å². The zero-order valence-electron chi connectivity index (χ0n) is 13.8. The van der Waals surface area contributed by atoms with Crippen LogP contribution in [0, 0.1) is 5.92 Å². The van der Waals surface area contributed by atoms with E-state index in [1.165, 1.54) is 6.42 Å². The molecule has 120 valence electrons. The predicted molar refractivity (Wildman–Crippen MR) is 83.5 cm³/mol. The largest absolute Gasteiger partial charge is 0.493 e. The fourth-order valence-corrected chi connectivity index (χ4v) is 3.50. The van der Waals surface area contributed by atoms with Crippen molar-refractivity contribution in [3.8, 4) is 5.75 Å². The molecular weight excluding hydrogens is 266 g/mol. The first-order valence-electron chi connectivity index (χ1n) is 8.00. The number of aromatic nitrogens is 2. The predicted octanol–water partition coefficient (Wildman–Crippen LogP) is 2.24. The molecule has 1 heterocycles. The summed E-state index contributed by atoms with van der Waals surface area (Å²) in [5.41, 5.74) is 0.0691. The van der Waals surface area contributed by atoms with Crippen LogP contribution in [-0.4, -0.2) is 47.5 Å². The van der Waals surface area contributed by atoms with Crippen LogP contribution in [0.3, 0.4) is 0 Å². The summed E-state index contributed by atoms with van der Waals surface area (Å²) in [5.74, 6) is 1.01. The summed E-state index contributed by atoms with van der Waals surface area (Å²) in [6.45, 7) is 3.82. The van der Waals surface area contributed by atoms with Crippen LogP contribution < -0.4 is 4.74 Å². The first-order chi connectivity index (χ1) is 10.0. The number of nitrogens with zero attached hydrogens (tertiary/aromatic N) is 3. The number of rotatable bonds is 6. The minimum Gasteiger partial charge on any atom is -0.493 e. The van der Waals surface area contributed by atoms with Crippen LogP contribution in [0.15, 0.2) is 6.20 Å². The van der Waals surface area contributed by atoms with Crippen LogP contribution in [0.25, 0.3) is 0 Å². The van der Waals surface area contributed by atoms with Crippen LogP contribution in [0.5, 0.6) is 5.75 Å². The van der Waals surface area contributed by atoms with Crippen LogP contribution >= 0.6 is 0 Å². The van der Waals surface area contributed by atoms with E-state index < -0.39 is 5.60 Å². The lowest BCUT2D eigenvalue weighted by atomic mass is 9.72. The van der Waals surface area contributed by atoms with Crippen LogP contribution in [0.1, 0.15) is 44.7 Å². The Labute approximate surface area is 127 Å². The SMILES string of the molecule is CCC1CCCCC1(O)c1c(OC)cnn1CCN(C)C. The van der Waals surface area contributed by atoms with Crippen molar-refractivity contribution in [1.29, 1.82) is 0 Å². The van der Waals surface area contributed by atoms with Gasteiger partial charge in [-0.15, -0.1) is 0 Å². The average molecular weight is 295 g/mol. The van der Waals surface area contributed by atoms with E-state index in [1.54, 1.807) is 13.3 Å². The molecule has 0 radical (unpaired) electrons. The second-order valence-corrected chi connectivity index (χ2v) is 6.36. The Morgan fingerprint density at radius 1 is 1.48 bits per heavy atom. The molecule has 1 aliphatic rings. The molecular formula is C16H29N3O2. The molecule has 0 bridgehead atoms. The maximum absolute atomic E-state index is 11.4.